The Bertz CT molecular complexity index is 548. The molecule has 0 radical (unpaired) electrons. The fraction of sp³-hybridized carbons (Fsp3) is 0.250. The highest BCUT2D eigenvalue weighted by Crippen LogP contribution is 2.25. The van der Waals surface area contributed by atoms with Gasteiger partial charge in [0.1, 0.15) is 5.82 Å². The van der Waals surface area contributed by atoms with Gasteiger partial charge in [-0.05, 0) is 23.3 Å². The first kappa shape index (κ1) is 12.3. The highest BCUT2D eigenvalue weighted by molar-refractivity contribution is 5.31. The van der Waals surface area contributed by atoms with Crippen molar-refractivity contribution < 1.29 is 13.9 Å². The lowest BCUT2D eigenvalue weighted by Gasteiger charge is -2.12. The molecule has 1 aliphatic heterocycles. The summed E-state index contributed by atoms with van der Waals surface area (Å²) in [5.41, 5.74) is 2.64. The standard InChI is InChI=1S/C16H15FO2/c17-15-7-6-13(16-18-8-9-19-16)11-14(15)10-12-4-2-1-3-5-12/h1-7,11,16H,8-10H2. The van der Waals surface area contributed by atoms with Crippen LogP contribution in [-0.2, 0) is 15.9 Å². The molecule has 0 aromatic heterocycles. The Kier molecular flexibility index (Phi) is 3.58. The topological polar surface area (TPSA) is 18.5 Å². The molecule has 0 unspecified atom stereocenters. The second kappa shape index (κ2) is 5.51. The van der Waals surface area contributed by atoms with Crippen LogP contribution >= 0.6 is 0 Å². The van der Waals surface area contributed by atoms with Gasteiger partial charge in [-0.25, -0.2) is 4.39 Å². The predicted molar refractivity (Wildman–Crippen MR) is 70.3 cm³/mol. The van der Waals surface area contributed by atoms with Crippen molar-refractivity contribution in [1.82, 2.24) is 0 Å². The number of hydrogen-bond acceptors (Lipinski definition) is 2. The molecule has 3 rings (SSSR count). The van der Waals surface area contributed by atoms with Crippen molar-refractivity contribution in [3.8, 4) is 0 Å². The van der Waals surface area contributed by atoms with Gasteiger partial charge in [0.2, 0.25) is 0 Å². The Morgan fingerprint density at radius 1 is 1.00 bits per heavy atom. The molecule has 1 heterocycles. The molecule has 0 amide bonds. The Labute approximate surface area is 111 Å². The van der Waals surface area contributed by atoms with Crippen LogP contribution in [0.4, 0.5) is 4.39 Å². The van der Waals surface area contributed by atoms with Gasteiger partial charge in [-0.15, -0.1) is 0 Å². The average Bonchev–Trinajstić information content (AvgIpc) is 2.96. The lowest BCUT2D eigenvalue weighted by molar-refractivity contribution is -0.0441. The SMILES string of the molecule is Fc1ccc(C2OCCO2)cc1Cc1ccccc1. The zero-order valence-electron chi connectivity index (χ0n) is 10.5. The van der Waals surface area contributed by atoms with Gasteiger partial charge in [-0.3, -0.25) is 0 Å². The van der Waals surface area contributed by atoms with Crippen LogP contribution in [0.25, 0.3) is 0 Å². The number of halogens is 1. The van der Waals surface area contributed by atoms with E-state index < -0.39 is 0 Å². The van der Waals surface area contributed by atoms with Crippen molar-refractivity contribution in [2.24, 2.45) is 0 Å². The molecule has 0 saturated carbocycles. The fourth-order valence-electron chi connectivity index (χ4n) is 2.24. The van der Waals surface area contributed by atoms with Crippen LogP contribution in [0.1, 0.15) is 23.0 Å². The van der Waals surface area contributed by atoms with E-state index in [1.165, 1.54) is 6.07 Å². The summed E-state index contributed by atoms with van der Waals surface area (Å²) in [6.45, 7) is 1.19. The maximum absolute atomic E-state index is 13.9. The summed E-state index contributed by atoms with van der Waals surface area (Å²) in [7, 11) is 0. The largest absolute Gasteiger partial charge is 0.346 e. The Balaban J connectivity index is 1.85. The van der Waals surface area contributed by atoms with E-state index in [1.807, 2.05) is 36.4 Å². The van der Waals surface area contributed by atoms with Gasteiger partial charge < -0.3 is 9.47 Å². The minimum atomic E-state index is -0.352. The van der Waals surface area contributed by atoms with E-state index >= 15 is 0 Å². The molecular weight excluding hydrogens is 243 g/mol. The molecule has 3 heteroatoms. The number of benzene rings is 2. The van der Waals surface area contributed by atoms with Crippen LogP contribution in [0.5, 0.6) is 0 Å². The van der Waals surface area contributed by atoms with Crippen LogP contribution in [-0.4, -0.2) is 13.2 Å². The molecule has 98 valence electrons. The molecular formula is C16H15FO2. The van der Waals surface area contributed by atoms with Crippen LogP contribution in [0, 0.1) is 5.82 Å². The molecule has 0 atom stereocenters. The second-order valence-electron chi connectivity index (χ2n) is 4.59. The van der Waals surface area contributed by atoms with Gasteiger partial charge in [0, 0.05) is 12.0 Å². The number of hydrogen-bond donors (Lipinski definition) is 0. The normalized spacial score (nSPS) is 15.8. The molecule has 0 spiro atoms. The maximum Gasteiger partial charge on any atom is 0.184 e. The molecule has 2 nitrogen and oxygen atoms in total. The molecule has 0 aliphatic carbocycles. The summed E-state index contributed by atoms with van der Waals surface area (Å²) in [4.78, 5) is 0. The molecule has 1 fully saturated rings. The molecule has 19 heavy (non-hydrogen) atoms. The number of rotatable bonds is 3. The van der Waals surface area contributed by atoms with E-state index in [4.69, 9.17) is 9.47 Å². The smallest absolute Gasteiger partial charge is 0.184 e. The molecule has 0 bridgehead atoms. The molecule has 2 aromatic carbocycles. The van der Waals surface area contributed by atoms with E-state index in [2.05, 4.69) is 0 Å². The van der Waals surface area contributed by atoms with E-state index in [-0.39, 0.29) is 12.1 Å². The molecule has 1 saturated heterocycles. The van der Waals surface area contributed by atoms with Gasteiger partial charge >= 0.3 is 0 Å². The van der Waals surface area contributed by atoms with Crippen LogP contribution in [0.15, 0.2) is 48.5 Å². The third kappa shape index (κ3) is 2.83. The van der Waals surface area contributed by atoms with Crippen molar-refractivity contribution in [3.05, 3.63) is 71.0 Å². The third-order valence-corrected chi connectivity index (χ3v) is 3.20. The Morgan fingerprint density at radius 3 is 2.47 bits per heavy atom. The third-order valence-electron chi connectivity index (χ3n) is 3.20. The monoisotopic (exact) mass is 258 g/mol. The molecule has 2 aromatic rings. The first-order valence-electron chi connectivity index (χ1n) is 6.38. The van der Waals surface area contributed by atoms with Gasteiger partial charge in [0.15, 0.2) is 6.29 Å². The van der Waals surface area contributed by atoms with Crippen molar-refractivity contribution in [3.63, 3.8) is 0 Å². The summed E-state index contributed by atoms with van der Waals surface area (Å²) in [5, 5.41) is 0. The lowest BCUT2D eigenvalue weighted by atomic mass is 10.0. The highest BCUT2D eigenvalue weighted by atomic mass is 19.1. The summed E-state index contributed by atoms with van der Waals surface area (Å²) in [6, 6.07) is 14.9. The van der Waals surface area contributed by atoms with Gasteiger partial charge in [0.05, 0.1) is 13.2 Å². The highest BCUT2D eigenvalue weighted by Gasteiger charge is 2.19. The molecule has 0 N–H and O–H groups in total. The quantitative estimate of drug-likeness (QED) is 0.839. The minimum absolute atomic E-state index is 0.189. The summed E-state index contributed by atoms with van der Waals surface area (Å²) in [6.07, 6.45) is 0.225. The zero-order valence-corrected chi connectivity index (χ0v) is 10.5. The number of ether oxygens (including phenoxy) is 2. The predicted octanol–water partition coefficient (Wildman–Crippen LogP) is 3.46. The molecule has 1 aliphatic rings. The Hall–Kier alpha value is -1.71. The van der Waals surface area contributed by atoms with Gasteiger partial charge in [-0.2, -0.15) is 0 Å². The van der Waals surface area contributed by atoms with E-state index in [1.54, 1.807) is 6.07 Å². The zero-order chi connectivity index (χ0) is 13.1. The van der Waals surface area contributed by atoms with Crippen molar-refractivity contribution in [2.45, 2.75) is 12.7 Å². The van der Waals surface area contributed by atoms with Crippen LogP contribution in [0.2, 0.25) is 0 Å². The van der Waals surface area contributed by atoms with Crippen LogP contribution in [0.3, 0.4) is 0 Å². The van der Waals surface area contributed by atoms with Crippen LogP contribution < -0.4 is 0 Å². The van der Waals surface area contributed by atoms with Crippen molar-refractivity contribution in [1.29, 1.82) is 0 Å². The van der Waals surface area contributed by atoms with E-state index in [0.717, 1.165) is 11.1 Å². The minimum Gasteiger partial charge on any atom is -0.346 e. The second-order valence-corrected chi connectivity index (χ2v) is 4.59. The first-order valence-corrected chi connectivity index (χ1v) is 6.38. The lowest BCUT2D eigenvalue weighted by Crippen LogP contribution is -2.01. The summed E-state index contributed by atoms with van der Waals surface area (Å²) in [5.74, 6) is -0.189. The maximum atomic E-state index is 13.9. The Morgan fingerprint density at radius 2 is 1.74 bits per heavy atom. The summed E-state index contributed by atoms with van der Waals surface area (Å²) >= 11 is 0. The fourth-order valence-corrected chi connectivity index (χ4v) is 2.24. The van der Waals surface area contributed by atoms with Gasteiger partial charge in [0.25, 0.3) is 0 Å². The first-order chi connectivity index (χ1) is 9.33. The van der Waals surface area contributed by atoms with E-state index in [0.29, 0.717) is 25.2 Å². The van der Waals surface area contributed by atoms with Crippen molar-refractivity contribution >= 4 is 0 Å². The summed E-state index contributed by atoms with van der Waals surface area (Å²) < 4.78 is 24.7. The van der Waals surface area contributed by atoms with Gasteiger partial charge in [-0.1, -0.05) is 36.4 Å². The average molecular weight is 258 g/mol. The van der Waals surface area contributed by atoms with E-state index in [9.17, 15) is 4.39 Å². The van der Waals surface area contributed by atoms with Crippen molar-refractivity contribution in [2.75, 3.05) is 13.2 Å².